The van der Waals surface area contributed by atoms with Gasteiger partial charge in [-0.15, -0.1) is 13.2 Å². The molecule has 0 aliphatic heterocycles. The van der Waals surface area contributed by atoms with Crippen molar-refractivity contribution in [3.63, 3.8) is 0 Å². The standard InChI is InChI=1S/C18H40N2OSi2/c1-9-11-17(19)15(3)13-22(5,6)21-23(7,8)14-16(4)18(20)12-10-2/h9-10,15-18H,1-2,11-14,19-20H2,3-8H3. The van der Waals surface area contributed by atoms with Gasteiger partial charge in [0.05, 0.1) is 0 Å². The van der Waals surface area contributed by atoms with Crippen molar-refractivity contribution in [2.24, 2.45) is 23.3 Å². The van der Waals surface area contributed by atoms with Crippen molar-refractivity contribution in [1.29, 1.82) is 0 Å². The quantitative estimate of drug-likeness (QED) is 0.400. The van der Waals surface area contributed by atoms with Gasteiger partial charge in [0, 0.05) is 12.1 Å². The average molecular weight is 357 g/mol. The average Bonchev–Trinajstić information content (AvgIpc) is 2.36. The predicted molar refractivity (Wildman–Crippen MR) is 110 cm³/mol. The summed E-state index contributed by atoms with van der Waals surface area (Å²) in [5.74, 6) is 0.944. The van der Waals surface area contributed by atoms with Crippen LogP contribution in [-0.4, -0.2) is 28.7 Å². The molecule has 0 aliphatic rings. The summed E-state index contributed by atoms with van der Waals surface area (Å²) < 4.78 is 6.74. The molecule has 0 radical (unpaired) electrons. The van der Waals surface area contributed by atoms with Crippen molar-refractivity contribution < 1.29 is 4.12 Å². The molecule has 0 aromatic heterocycles. The van der Waals surface area contributed by atoms with Crippen molar-refractivity contribution in [3.8, 4) is 0 Å². The number of nitrogens with two attached hydrogens (primary N) is 2. The third kappa shape index (κ3) is 9.62. The van der Waals surface area contributed by atoms with Crippen molar-refractivity contribution in [1.82, 2.24) is 0 Å². The van der Waals surface area contributed by atoms with E-state index in [1.807, 2.05) is 12.2 Å². The Morgan fingerprint density at radius 1 is 0.826 bits per heavy atom. The third-order valence-corrected chi connectivity index (χ3v) is 12.2. The molecule has 0 saturated carbocycles. The van der Waals surface area contributed by atoms with E-state index in [4.69, 9.17) is 15.6 Å². The SMILES string of the molecule is C=CCC(N)C(C)C[Si](C)(C)O[Si](C)(C)CC(C)C(N)CC=C. The number of rotatable bonds is 12. The minimum atomic E-state index is -1.73. The van der Waals surface area contributed by atoms with E-state index >= 15 is 0 Å². The fourth-order valence-electron chi connectivity index (χ4n) is 3.53. The molecule has 0 saturated heterocycles. The molecule has 4 unspecified atom stereocenters. The molecule has 0 amide bonds. The van der Waals surface area contributed by atoms with Crippen molar-refractivity contribution in [2.75, 3.05) is 0 Å². The van der Waals surface area contributed by atoms with Gasteiger partial charge in [-0.3, -0.25) is 0 Å². The Labute approximate surface area is 146 Å². The highest BCUT2D eigenvalue weighted by molar-refractivity contribution is 6.84. The van der Waals surface area contributed by atoms with Gasteiger partial charge in [0.1, 0.15) is 0 Å². The van der Waals surface area contributed by atoms with Gasteiger partial charge in [-0.25, -0.2) is 0 Å². The Balaban J connectivity index is 4.66. The molecule has 0 rings (SSSR count). The fraction of sp³-hybridized carbons (Fsp3) is 0.778. The van der Waals surface area contributed by atoms with Gasteiger partial charge in [0.25, 0.3) is 0 Å². The molecule has 23 heavy (non-hydrogen) atoms. The predicted octanol–water partition coefficient (Wildman–Crippen LogP) is 4.49. The van der Waals surface area contributed by atoms with Crippen LogP contribution in [-0.2, 0) is 4.12 Å². The summed E-state index contributed by atoms with van der Waals surface area (Å²) in [5, 5.41) is 0. The highest BCUT2D eigenvalue weighted by Gasteiger charge is 2.36. The number of hydrogen-bond acceptors (Lipinski definition) is 3. The van der Waals surface area contributed by atoms with Crippen LogP contribution in [0.25, 0.3) is 0 Å². The molecule has 0 heterocycles. The van der Waals surface area contributed by atoms with Gasteiger partial charge in [-0.2, -0.15) is 0 Å². The Bertz CT molecular complexity index is 338. The summed E-state index contributed by atoms with van der Waals surface area (Å²) in [7, 11) is -3.45. The molecule has 5 heteroatoms. The smallest absolute Gasteiger partial charge is 0.173 e. The highest BCUT2D eigenvalue weighted by atomic mass is 28.4. The first-order valence-electron chi connectivity index (χ1n) is 8.87. The molecule has 0 aliphatic carbocycles. The normalized spacial score (nSPS) is 18.1. The number of hydrogen-bond donors (Lipinski definition) is 2. The van der Waals surface area contributed by atoms with Gasteiger partial charge in [0.2, 0.25) is 0 Å². The van der Waals surface area contributed by atoms with E-state index in [0.29, 0.717) is 11.8 Å². The second kappa shape index (κ2) is 9.94. The first kappa shape index (κ1) is 22.8. The van der Waals surface area contributed by atoms with Crippen LogP contribution < -0.4 is 11.5 Å². The van der Waals surface area contributed by atoms with Crippen LogP contribution in [0.1, 0.15) is 26.7 Å². The van der Waals surface area contributed by atoms with E-state index in [1.54, 1.807) is 0 Å². The second-order valence-electron chi connectivity index (χ2n) is 8.36. The molecule has 4 N–H and O–H groups in total. The van der Waals surface area contributed by atoms with Crippen LogP contribution in [0, 0.1) is 11.8 Å². The first-order valence-corrected chi connectivity index (χ1v) is 15.1. The topological polar surface area (TPSA) is 61.3 Å². The Morgan fingerprint density at radius 2 is 1.13 bits per heavy atom. The lowest BCUT2D eigenvalue weighted by Gasteiger charge is -2.38. The first-order chi connectivity index (χ1) is 10.4. The zero-order chi connectivity index (χ0) is 18.3. The van der Waals surface area contributed by atoms with E-state index in [1.165, 1.54) is 0 Å². The maximum Gasteiger partial charge on any atom is 0.173 e. The zero-order valence-electron chi connectivity index (χ0n) is 16.3. The molecule has 0 aromatic rings. The van der Waals surface area contributed by atoms with Crippen LogP contribution in [0.4, 0.5) is 0 Å². The van der Waals surface area contributed by atoms with E-state index < -0.39 is 16.6 Å². The van der Waals surface area contributed by atoms with Crippen molar-refractivity contribution in [2.45, 2.75) is 77.0 Å². The summed E-state index contributed by atoms with van der Waals surface area (Å²) in [6.07, 6.45) is 5.58. The molecule has 136 valence electrons. The van der Waals surface area contributed by atoms with Gasteiger partial charge in [-0.1, -0.05) is 26.0 Å². The van der Waals surface area contributed by atoms with Gasteiger partial charge >= 0.3 is 0 Å². The molecule has 4 atom stereocenters. The summed E-state index contributed by atoms with van der Waals surface area (Å²) in [6, 6.07) is 2.58. The zero-order valence-corrected chi connectivity index (χ0v) is 18.3. The molecule has 3 nitrogen and oxygen atoms in total. The molecular formula is C18H40N2OSi2. The monoisotopic (exact) mass is 356 g/mol. The summed E-state index contributed by atoms with van der Waals surface area (Å²) in [5.41, 5.74) is 12.5. The van der Waals surface area contributed by atoms with Gasteiger partial charge in [-0.05, 0) is 63.0 Å². The maximum absolute atomic E-state index is 6.74. The minimum absolute atomic E-state index is 0.188. The minimum Gasteiger partial charge on any atom is -0.455 e. The molecule has 0 bridgehead atoms. The molecule has 0 aromatic carbocycles. The van der Waals surface area contributed by atoms with Crippen LogP contribution >= 0.6 is 0 Å². The lowest BCUT2D eigenvalue weighted by Crippen LogP contribution is -2.48. The summed E-state index contributed by atoms with van der Waals surface area (Å²) in [6.45, 7) is 21.4. The van der Waals surface area contributed by atoms with Crippen molar-refractivity contribution >= 4 is 16.6 Å². The van der Waals surface area contributed by atoms with E-state index in [2.05, 4.69) is 53.2 Å². The van der Waals surface area contributed by atoms with Crippen molar-refractivity contribution in [3.05, 3.63) is 25.3 Å². The highest BCUT2D eigenvalue weighted by Crippen LogP contribution is 2.29. The Kier molecular flexibility index (Phi) is 9.85. The Morgan fingerprint density at radius 3 is 1.39 bits per heavy atom. The van der Waals surface area contributed by atoms with Crippen LogP contribution in [0.15, 0.2) is 25.3 Å². The van der Waals surface area contributed by atoms with E-state index in [0.717, 1.165) is 24.9 Å². The summed E-state index contributed by atoms with van der Waals surface area (Å²) in [4.78, 5) is 0. The molecule has 0 spiro atoms. The lowest BCUT2D eigenvalue weighted by atomic mass is 10.0. The third-order valence-electron chi connectivity index (χ3n) is 4.52. The van der Waals surface area contributed by atoms with E-state index in [-0.39, 0.29) is 12.1 Å². The molecular weight excluding hydrogens is 316 g/mol. The van der Waals surface area contributed by atoms with E-state index in [9.17, 15) is 0 Å². The van der Waals surface area contributed by atoms with Gasteiger partial charge < -0.3 is 15.6 Å². The largest absolute Gasteiger partial charge is 0.455 e. The fourth-order valence-corrected chi connectivity index (χ4v) is 13.9. The molecule has 0 fully saturated rings. The second-order valence-corrected chi connectivity index (χ2v) is 17.0. The maximum atomic E-state index is 6.74. The lowest BCUT2D eigenvalue weighted by molar-refractivity contribution is 0.437. The van der Waals surface area contributed by atoms with Gasteiger partial charge in [0.15, 0.2) is 16.6 Å². The van der Waals surface area contributed by atoms with Crippen LogP contribution in [0.2, 0.25) is 38.3 Å². The van der Waals surface area contributed by atoms with Crippen LogP contribution in [0.5, 0.6) is 0 Å². The summed E-state index contributed by atoms with van der Waals surface area (Å²) >= 11 is 0. The Hall–Kier alpha value is -0.206. The van der Waals surface area contributed by atoms with Crippen LogP contribution in [0.3, 0.4) is 0 Å².